The molecule has 1 heterocycles. The molecular formula is C16H25ClN2OS. The van der Waals surface area contributed by atoms with Crippen molar-refractivity contribution in [3.63, 3.8) is 0 Å². The number of nitrogens with two attached hydrogens (primary N) is 1. The number of hydrogen-bond acceptors (Lipinski definition) is 3. The highest BCUT2D eigenvalue weighted by Crippen LogP contribution is 2.48. The zero-order chi connectivity index (χ0) is 14.1. The molecule has 4 atom stereocenters. The third-order valence-corrected chi connectivity index (χ3v) is 6.10. The number of halogens is 1. The van der Waals surface area contributed by atoms with E-state index in [4.69, 9.17) is 5.73 Å². The molecular weight excluding hydrogens is 304 g/mol. The largest absolute Gasteiger partial charge is 0.342 e. The van der Waals surface area contributed by atoms with E-state index in [0.29, 0.717) is 17.7 Å². The quantitative estimate of drug-likeness (QED) is 0.903. The maximum absolute atomic E-state index is 12.8. The van der Waals surface area contributed by atoms with E-state index in [1.165, 1.54) is 24.1 Å². The first-order chi connectivity index (χ1) is 9.70. The first-order valence-corrected chi connectivity index (χ1v) is 8.65. The molecule has 2 bridgehead atoms. The Bertz CT molecular complexity index is 463. The van der Waals surface area contributed by atoms with E-state index in [2.05, 4.69) is 24.4 Å². The summed E-state index contributed by atoms with van der Waals surface area (Å²) in [6, 6.07) is 4.33. The predicted molar refractivity (Wildman–Crippen MR) is 89.8 cm³/mol. The normalized spacial score (nSPS) is 30.2. The highest BCUT2D eigenvalue weighted by atomic mass is 35.5. The van der Waals surface area contributed by atoms with E-state index in [-0.39, 0.29) is 24.4 Å². The zero-order valence-corrected chi connectivity index (χ0v) is 14.2. The van der Waals surface area contributed by atoms with E-state index < -0.39 is 0 Å². The van der Waals surface area contributed by atoms with Gasteiger partial charge < -0.3 is 10.6 Å². The minimum Gasteiger partial charge on any atom is -0.342 e. The standard InChI is InChI=1S/C16H24N2OS.ClH/c1-2-18(8-7-13-4-3-9-20-13)16(19)14-11-5-6-12(10-11)15(14)17;/h3-4,9,11-12,14-15H,2,5-8,10,17H2,1H3;1H. The van der Waals surface area contributed by atoms with Crippen molar-refractivity contribution in [3.05, 3.63) is 22.4 Å². The highest BCUT2D eigenvalue weighted by Gasteiger charge is 2.49. The molecule has 0 radical (unpaired) electrons. The van der Waals surface area contributed by atoms with Crippen molar-refractivity contribution in [2.45, 2.75) is 38.6 Å². The number of nitrogens with zero attached hydrogens (tertiary/aromatic N) is 1. The molecule has 2 aliphatic rings. The predicted octanol–water partition coefficient (Wildman–Crippen LogP) is 2.93. The Morgan fingerprint density at radius 2 is 2.19 bits per heavy atom. The average Bonchev–Trinajstić information content (AvgIpc) is 3.15. The SMILES string of the molecule is CCN(CCc1cccs1)C(=O)C1C2CCC(C2)C1N.Cl. The second-order valence-corrected chi connectivity index (χ2v) is 7.22. The Balaban J connectivity index is 0.00000161. The van der Waals surface area contributed by atoms with Gasteiger partial charge in [-0.1, -0.05) is 6.07 Å². The van der Waals surface area contributed by atoms with Gasteiger partial charge in [0.25, 0.3) is 0 Å². The van der Waals surface area contributed by atoms with Crippen LogP contribution in [0.25, 0.3) is 0 Å². The minimum absolute atomic E-state index is 0. The van der Waals surface area contributed by atoms with Gasteiger partial charge in [-0.15, -0.1) is 23.7 Å². The number of fused-ring (bicyclic) bond motifs is 2. The molecule has 3 rings (SSSR count). The van der Waals surface area contributed by atoms with Crippen LogP contribution in [0.1, 0.15) is 31.1 Å². The van der Waals surface area contributed by atoms with Gasteiger partial charge in [-0.3, -0.25) is 4.79 Å². The van der Waals surface area contributed by atoms with Crippen LogP contribution < -0.4 is 5.73 Å². The van der Waals surface area contributed by atoms with Crippen LogP contribution in [0.15, 0.2) is 17.5 Å². The van der Waals surface area contributed by atoms with Gasteiger partial charge in [0.05, 0.1) is 5.92 Å². The number of carbonyl (C=O) groups is 1. The fourth-order valence-electron chi connectivity index (χ4n) is 4.04. The highest BCUT2D eigenvalue weighted by molar-refractivity contribution is 7.09. The molecule has 4 unspecified atom stereocenters. The van der Waals surface area contributed by atoms with Crippen LogP contribution in [0.2, 0.25) is 0 Å². The average molecular weight is 329 g/mol. The molecule has 118 valence electrons. The second-order valence-electron chi connectivity index (χ2n) is 6.18. The number of amides is 1. The zero-order valence-electron chi connectivity index (χ0n) is 12.5. The van der Waals surface area contributed by atoms with Crippen molar-refractivity contribution in [1.82, 2.24) is 4.90 Å². The van der Waals surface area contributed by atoms with E-state index in [1.54, 1.807) is 11.3 Å². The van der Waals surface area contributed by atoms with Gasteiger partial charge in [0.2, 0.25) is 5.91 Å². The lowest BCUT2D eigenvalue weighted by atomic mass is 9.84. The van der Waals surface area contributed by atoms with Crippen LogP contribution in [0.4, 0.5) is 0 Å². The molecule has 1 amide bonds. The summed E-state index contributed by atoms with van der Waals surface area (Å²) in [6.07, 6.45) is 4.58. The molecule has 2 N–H and O–H groups in total. The van der Waals surface area contributed by atoms with E-state index >= 15 is 0 Å². The lowest BCUT2D eigenvalue weighted by Gasteiger charge is -2.32. The number of carbonyl (C=O) groups excluding carboxylic acids is 1. The number of rotatable bonds is 5. The Morgan fingerprint density at radius 3 is 2.76 bits per heavy atom. The molecule has 0 saturated heterocycles. The number of thiophene rings is 1. The summed E-state index contributed by atoms with van der Waals surface area (Å²) in [5, 5.41) is 2.10. The molecule has 0 aromatic carbocycles. The van der Waals surface area contributed by atoms with Crippen molar-refractivity contribution >= 4 is 29.7 Å². The van der Waals surface area contributed by atoms with Crippen molar-refractivity contribution in [2.24, 2.45) is 23.5 Å². The number of likely N-dealkylation sites (N-methyl/N-ethyl adjacent to an activating group) is 1. The van der Waals surface area contributed by atoms with Crippen LogP contribution in [-0.4, -0.2) is 29.9 Å². The molecule has 0 aliphatic heterocycles. The number of hydrogen-bond donors (Lipinski definition) is 1. The molecule has 0 spiro atoms. The van der Waals surface area contributed by atoms with Crippen LogP contribution in [0, 0.1) is 17.8 Å². The van der Waals surface area contributed by atoms with Gasteiger partial charge in [0.1, 0.15) is 0 Å². The maximum Gasteiger partial charge on any atom is 0.227 e. The summed E-state index contributed by atoms with van der Waals surface area (Å²) in [7, 11) is 0. The molecule has 2 fully saturated rings. The monoisotopic (exact) mass is 328 g/mol. The van der Waals surface area contributed by atoms with Crippen molar-refractivity contribution in [2.75, 3.05) is 13.1 Å². The third kappa shape index (κ3) is 3.27. The van der Waals surface area contributed by atoms with Gasteiger partial charge >= 0.3 is 0 Å². The van der Waals surface area contributed by atoms with Crippen LogP contribution in [0.5, 0.6) is 0 Å². The topological polar surface area (TPSA) is 46.3 Å². The summed E-state index contributed by atoms with van der Waals surface area (Å²) in [5.74, 6) is 1.56. The molecule has 5 heteroatoms. The van der Waals surface area contributed by atoms with E-state index in [0.717, 1.165) is 19.5 Å². The second kappa shape index (κ2) is 7.12. The summed E-state index contributed by atoms with van der Waals surface area (Å²) in [4.78, 5) is 16.2. The first-order valence-electron chi connectivity index (χ1n) is 7.77. The molecule has 2 aliphatic carbocycles. The maximum atomic E-state index is 12.8. The van der Waals surface area contributed by atoms with Crippen LogP contribution in [0.3, 0.4) is 0 Å². The van der Waals surface area contributed by atoms with Gasteiger partial charge in [-0.25, -0.2) is 0 Å². The summed E-state index contributed by atoms with van der Waals surface area (Å²) < 4.78 is 0. The molecule has 1 aromatic heterocycles. The fourth-order valence-corrected chi connectivity index (χ4v) is 4.74. The van der Waals surface area contributed by atoms with E-state index in [9.17, 15) is 4.79 Å². The first kappa shape index (κ1) is 16.8. The fraction of sp³-hybridized carbons (Fsp3) is 0.688. The smallest absolute Gasteiger partial charge is 0.227 e. The van der Waals surface area contributed by atoms with Gasteiger partial charge in [0.15, 0.2) is 0 Å². The Kier molecular flexibility index (Phi) is 5.69. The summed E-state index contributed by atoms with van der Waals surface area (Å²) in [6.45, 7) is 3.70. The molecule has 1 aromatic rings. The van der Waals surface area contributed by atoms with Gasteiger partial charge in [-0.2, -0.15) is 0 Å². The lowest BCUT2D eigenvalue weighted by molar-refractivity contribution is -0.137. The summed E-state index contributed by atoms with van der Waals surface area (Å²) >= 11 is 1.77. The molecule has 2 saturated carbocycles. The van der Waals surface area contributed by atoms with Crippen molar-refractivity contribution in [3.8, 4) is 0 Å². The van der Waals surface area contributed by atoms with Crippen molar-refractivity contribution in [1.29, 1.82) is 0 Å². The minimum atomic E-state index is 0. The Labute approximate surface area is 137 Å². The van der Waals surface area contributed by atoms with E-state index in [1.807, 2.05) is 4.90 Å². The Hall–Kier alpha value is -0.580. The van der Waals surface area contributed by atoms with Crippen LogP contribution in [-0.2, 0) is 11.2 Å². The summed E-state index contributed by atoms with van der Waals surface area (Å²) in [5.41, 5.74) is 6.30. The van der Waals surface area contributed by atoms with Gasteiger partial charge in [0, 0.05) is 24.0 Å². The van der Waals surface area contributed by atoms with Gasteiger partial charge in [-0.05, 0) is 55.9 Å². The van der Waals surface area contributed by atoms with Crippen LogP contribution >= 0.6 is 23.7 Å². The lowest BCUT2D eigenvalue weighted by Crippen LogP contribution is -2.47. The Morgan fingerprint density at radius 1 is 1.43 bits per heavy atom. The molecule has 3 nitrogen and oxygen atoms in total. The molecule has 21 heavy (non-hydrogen) atoms. The van der Waals surface area contributed by atoms with Crippen molar-refractivity contribution < 1.29 is 4.79 Å². The third-order valence-electron chi connectivity index (χ3n) is 5.17.